The van der Waals surface area contributed by atoms with Crippen molar-refractivity contribution in [1.29, 1.82) is 0 Å². The van der Waals surface area contributed by atoms with Crippen molar-refractivity contribution in [2.45, 2.75) is 13.0 Å². The Bertz CT molecular complexity index is 939. The van der Waals surface area contributed by atoms with Crippen LogP contribution in [0.15, 0.2) is 48.5 Å². The molecule has 0 aromatic heterocycles. The third-order valence-corrected chi connectivity index (χ3v) is 6.36. The van der Waals surface area contributed by atoms with E-state index in [-0.39, 0.29) is 26.2 Å². The summed E-state index contributed by atoms with van der Waals surface area (Å²) in [5, 5.41) is 3.10. The normalized spacial score (nSPS) is 17.6. The topological polar surface area (TPSA) is 69.7 Å². The highest BCUT2D eigenvalue weighted by Gasteiger charge is 2.35. The molecule has 1 saturated heterocycles. The number of rotatable bonds is 5. The third kappa shape index (κ3) is 4.84. The monoisotopic (exact) mass is 411 g/mol. The molecule has 0 atom stereocenters. The summed E-state index contributed by atoms with van der Waals surface area (Å²) in [5.74, 6) is -0.919. The van der Waals surface area contributed by atoms with Crippen LogP contribution in [0.3, 0.4) is 0 Å². The molecule has 9 heteroatoms. The van der Waals surface area contributed by atoms with Crippen molar-refractivity contribution in [1.82, 2.24) is 8.61 Å². The molecule has 1 N–H and O–H groups in total. The summed E-state index contributed by atoms with van der Waals surface area (Å²) in [7, 11) is -3.86. The van der Waals surface area contributed by atoms with Crippen LogP contribution >= 0.6 is 11.6 Å². The van der Waals surface area contributed by atoms with Gasteiger partial charge in [-0.05, 0) is 30.7 Å². The highest BCUT2D eigenvalue weighted by molar-refractivity contribution is 7.86. The Balaban J connectivity index is 1.68. The lowest BCUT2D eigenvalue weighted by Crippen LogP contribution is -2.51. The summed E-state index contributed by atoms with van der Waals surface area (Å²) < 4.78 is 41.8. The van der Waals surface area contributed by atoms with E-state index in [2.05, 4.69) is 5.32 Å². The van der Waals surface area contributed by atoms with E-state index in [9.17, 15) is 17.6 Å². The van der Waals surface area contributed by atoms with Gasteiger partial charge in [-0.15, -0.1) is 0 Å². The fraction of sp³-hybridized carbons (Fsp3) is 0.278. The maximum absolute atomic E-state index is 13.9. The van der Waals surface area contributed by atoms with Crippen LogP contribution in [-0.4, -0.2) is 42.6 Å². The number of nitrogens with one attached hydrogen (secondary N) is 1. The second-order valence-corrected chi connectivity index (χ2v) is 8.54. The first-order valence-corrected chi connectivity index (χ1v) is 10.2. The second-order valence-electron chi connectivity index (χ2n) is 6.18. The lowest BCUT2D eigenvalue weighted by molar-refractivity contribution is -0.116. The fourth-order valence-corrected chi connectivity index (χ4v) is 4.70. The first kappa shape index (κ1) is 19.8. The molecule has 1 aliphatic heterocycles. The fourth-order valence-electron chi connectivity index (χ4n) is 2.88. The number of nitrogens with zero attached hydrogens (tertiary/aromatic N) is 2. The zero-order valence-corrected chi connectivity index (χ0v) is 16.0. The number of benzene rings is 2. The van der Waals surface area contributed by atoms with Crippen LogP contribution in [0, 0.1) is 5.82 Å². The van der Waals surface area contributed by atoms with Gasteiger partial charge in [-0.1, -0.05) is 35.9 Å². The Kier molecular flexibility index (Phi) is 6.11. The van der Waals surface area contributed by atoms with Gasteiger partial charge in [-0.25, -0.2) is 4.39 Å². The van der Waals surface area contributed by atoms with Crippen molar-refractivity contribution in [2.24, 2.45) is 0 Å². The minimum absolute atomic E-state index is 0.0680. The standard InChI is InChI=1S/C18H19ClFN3O3S/c19-15-6-3-7-16(11-15)21-18(24)13-23-10-4-9-22(27(23,25)26)12-14-5-1-2-8-17(14)20/h1-3,5-8,11H,4,9-10,12-13H2,(H,21,24). The molecule has 0 unspecified atom stereocenters. The number of carbonyl (C=O) groups is 1. The maximum Gasteiger partial charge on any atom is 0.282 e. The highest BCUT2D eigenvalue weighted by atomic mass is 35.5. The van der Waals surface area contributed by atoms with E-state index in [4.69, 9.17) is 11.6 Å². The summed E-state index contributed by atoms with van der Waals surface area (Å²) in [6, 6.07) is 12.7. The van der Waals surface area contributed by atoms with Crippen LogP contribution in [0.4, 0.5) is 10.1 Å². The van der Waals surface area contributed by atoms with Crippen molar-refractivity contribution < 1.29 is 17.6 Å². The quantitative estimate of drug-likeness (QED) is 0.822. The zero-order chi connectivity index (χ0) is 19.4. The molecule has 1 amide bonds. The first-order valence-electron chi connectivity index (χ1n) is 8.40. The molecule has 0 saturated carbocycles. The number of hydrogen-bond donors (Lipinski definition) is 1. The van der Waals surface area contributed by atoms with Crippen molar-refractivity contribution in [3.8, 4) is 0 Å². The van der Waals surface area contributed by atoms with Gasteiger partial charge in [-0.2, -0.15) is 17.0 Å². The molecule has 0 aliphatic carbocycles. The van der Waals surface area contributed by atoms with Gasteiger partial charge in [0, 0.05) is 35.9 Å². The lowest BCUT2D eigenvalue weighted by atomic mass is 10.2. The molecule has 27 heavy (non-hydrogen) atoms. The molecule has 0 spiro atoms. The number of carbonyl (C=O) groups excluding carboxylic acids is 1. The number of amides is 1. The molecule has 0 radical (unpaired) electrons. The average Bonchev–Trinajstić information content (AvgIpc) is 2.60. The zero-order valence-electron chi connectivity index (χ0n) is 14.4. The minimum Gasteiger partial charge on any atom is -0.325 e. The van der Waals surface area contributed by atoms with Gasteiger partial charge in [0.1, 0.15) is 5.82 Å². The Labute approximate surface area is 162 Å². The number of anilines is 1. The van der Waals surface area contributed by atoms with Crippen LogP contribution < -0.4 is 5.32 Å². The summed E-state index contributed by atoms with van der Waals surface area (Å²) in [6.45, 7) is 0.131. The van der Waals surface area contributed by atoms with E-state index in [0.717, 1.165) is 4.31 Å². The van der Waals surface area contributed by atoms with Gasteiger partial charge in [0.05, 0.1) is 6.54 Å². The Morgan fingerprint density at radius 3 is 2.59 bits per heavy atom. The minimum atomic E-state index is -3.86. The SMILES string of the molecule is O=C(CN1CCCN(Cc2ccccc2F)S1(=O)=O)Nc1cccc(Cl)c1. The molecule has 1 aliphatic rings. The molecule has 1 fully saturated rings. The third-order valence-electron chi connectivity index (χ3n) is 4.20. The van der Waals surface area contributed by atoms with Crippen molar-refractivity contribution >= 4 is 33.4 Å². The summed E-state index contributed by atoms with van der Waals surface area (Å²) in [4.78, 5) is 12.3. The molecule has 3 rings (SSSR count). The van der Waals surface area contributed by atoms with Gasteiger partial charge < -0.3 is 5.32 Å². The van der Waals surface area contributed by atoms with Crippen molar-refractivity contribution in [3.05, 3.63) is 64.9 Å². The molecule has 1 heterocycles. The first-order chi connectivity index (χ1) is 12.9. The Morgan fingerprint density at radius 1 is 1.11 bits per heavy atom. The summed E-state index contributed by atoms with van der Waals surface area (Å²) in [5.41, 5.74) is 0.788. The van der Waals surface area contributed by atoms with Gasteiger partial charge in [-0.3, -0.25) is 4.79 Å². The van der Waals surface area contributed by atoms with Gasteiger partial charge in [0.25, 0.3) is 10.2 Å². The van der Waals surface area contributed by atoms with Crippen LogP contribution in [0.25, 0.3) is 0 Å². The Hall–Kier alpha value is -2.00. The number of hydrogen-bond acceptors (Lipinski definition) is 3. The summed E-state index contributed by atoms with van der Waals surface area (Å²) >= 11 is 5.88. The Morgan fingerprint density at radius 2 is 1.85 bits per heavy atom. The summed E-state index contributed by atoms with van der Waals surface area (Å²) in [6.07, 6.45) is 0.554. The van der Waals surface area contributed by atoms with E-state index in [1.165, 1.54) is 10.4 Å². The van der Waals surface area contributed by atoms with Crippen LogP contribution in [0.1, 0.15) is 12.0 Å². The van der Waals surface area contributed by atoms with E-state index >= 15 is 0 Å². The largest absolute Gasteiger partial charge is 0.325 e. The lowest BCUT2D eigenvalue weighted by Gasteiger charge is -2.34. The smallest absolute Gasteiger partial charge is 0.282 e. The van der Waals surface area contributed by atoms with E-state index in [1.807, 2.05) is 0 Å². The van der Waals surface area contributed by atoms with Crippen molar-refractivity contribution in [3.63, 3.8) is 0 Å². The number of halogens is 2. The van der Waals surface area contributed by atoms with Gasteiger partial charge in [0.15, 0.2) is 0 Å². The van der Waals surface area contributed by atoms with Gasteiger partial charge >= 0.3 is 0 Å². The van der Waals surface area contributed by atoms with E-state index < -0.39 is 21.9 Å². The average molecular weight is 412 g/mol. The maximum atomic E-state index is 13.9. The van der Waals surface area contributed by atoms with Gasteiger partial charge in [0.2, 0.25) is 5.91 Å². The molecular formula is C18H19ClFN3O3S. The predicted molar refractivity (Wildman–Crippen MR) is 102 cm³/mol. The highest BCUT2D eigenvalue weighted by Crippen LogP contribution is 2.21. The molecule has 144 valence electrons. The van der Waals surface area contributed by atoms with E-state index in [1.54, 1.807) is 42.5 Å². The van der Waals surface area contributed by atoms with Crippen molar-refractivity contribution in [2.75, 3.05) is 25.0 Å². The molecule has 6 nitrogen and oxygen atoms in total. The van der Waals surface area contributed by atoms with Crippen LogP contribution in [0.5, 0.6) is 0 Å². The molecule has 2 aromatic carbocycles. The van der Waals surface area contributed by atoms with E-state index in [0.29, 0.717) is 22.7 Å². The molecule has 0 bridgehead atoms. The second kappa shape index (κ2) is 8.35. The van der Waals surface area contributed by atoms with Crippen LogP contribution in [0.2, 0.25) is 5.02 Å². The molecule has 2 aromatic rings. The van der Waals surface area contributed by atoms with Crippen LogP contribution in [-0.2, 0) is 21.5 Å². The predicted octanol–water partition coefficient (Wildman–Crippen LogP) is 2.87. The molecular weight excluding hydrogens is 393 g/mol.